The summed E-state index contributed by atoms with van der Waals surface area (Å²) in [5.74, 6) is 1.03. The molecule has 2 aromatic carbocycles. The van der Waals surface area contributed by atoms with E-state index in [4.69, 9.17) is 14.7 Å². The van der Waals surface area contributed by atoms with Gasteiger partial charge in [0.25, 0.3) is 0 Å². The summed E-state index contributed by atoms with van der Waals surface area (Å²) in [6, 6.07) is 14.9. The number of methoxy groups -OCH3 is 1. The van der Waals surface area contributed by atoms with Crippen molar-refractivity contribution in [3.8, 4) is 11.1 Å². The van der Waals surface area contributed by atoms with E-state index in [-0.39, 0.29) is 18.0 Å². The van der Waals surface area contributed by atoms with Crippen LogP contribution in [0.2, 0.25) is 0 Å². The summed E-state index contributed by atoms with van der Waals surface area (Å²) in [6.07, 6.45) is 1.15. The molecule has 0 radical (unpaired) electrons. The number of benzene rings is 2. The van der Waals surface area contributed by atoms with Gasteiger partial charge in [0.15, 0.2) is 5.82 Å². The van der Waals surface area contributed by atoms with Gasteiger partial charge < -0.3 is 20.1 Å². The normalized spacial score (nSPS) is 15.5. The Morgan fingerprint density at radius 2 is 1.94 bits per heavy atom. The first-order valence-electron chi connectivity index (χ1n) is 11.8. The predicted molar refractivity (Wildman–Crippen MR) is 139 cm³/mol. The van der Waals surface area contributed by atoms with Gasteiger partial charge in [-0.1, -0.05) is 30.3 Å². The Kier molecular flexibility index (Phi) is 6.95. The molecule has 1 aliphatic rings. The zero-order valence-electron chi connectivity index (χ0n) is 19.9. The molecule has 35 heavy (non-hydrogen) atoms. The highest BCUT2D eigenvalue weighted by Gasteiger charge is 2.23. The fraction of sp³-hybridized carbons (Fsp3) is 0.333. The average Bonchev–Trinajstić information content (AvgIpc) is 3.30. The number of halogens is 1. The number of piperidine rings is 1. The van der Waals surface area contributed by atoms with E-state index in [0.29, 0.717) is 31.1 Å². The highest BCUT2D eigenvalue weighted by Crippen LogP contribution is 2.39. The van der Waals surface area contributed by atoms with Crippen LogP contribution in [0.4, 0.5) is 15.9 Å². The summed E-state index contributed by atoms with van der Waals surface area (Å²) in [7, 11) is 1.63. The second kappa shape index (κ2) is 10.3. The molecule has 0 amide bonds. The van der Waals surface area contributed by atoms with Crippen LogP contribution in [0.1, 0.15) is 37.2 Å². The second-order valence-electron chi connectivity index (χ2n) is 8.90. The van der Waals surface area contributed by atoms with Crippen LogP contribution in [0.5, 0.6) is 0 Å². The second-order valence-corrected chi connectivity index (χ2v) is 9.76. The number of anilines is 2. The lowest BCUT2D eigenvalue weighted by atomic mass is 10.0. The number of nitrogens with zero attached hydrogens (tertiary/aromatic N) is 3. The summed E-state index contributed by atoms with van der Waals surface area (Å²) in [5, 5.41) is 16.6. The number of aliphatic hydroxyl groups is 1. The molecular formula is C27H29FN4O2S. The van der Waals surface area contributed by atoms with Crippen molar-refractivity contribution in [1.82, 2.24) is 9.97 Å². The summed E-state index contributed by atoms with van der Waals surface area (Å²) >= 11 is 1.58. The number of hydrogen-bond donors (Lipinski definition) is 2. The van der Waals surface area contributed by atoms with Crippen LogP contribution in [0.25, 0.3) is 21.3 Å². The van der Waals surface area contributed by atoms with Gasteiger partial charge in [-0.15, -0.1) is 11.3 Å². The molecule has 0 bridgehead atoms. The maximum atomic E-state index is 14.4. The van der Waals surface area contributed by atoms with Crippen molar-refractivity contribution < 1.29 is 14.2 Å². The number of ether oxygens (including phenoxy) is 1. The molecule has 1 saturated heterocycles. The third-order valence-corrected chi connectivity index (χ3v) is 7.32. The zero-order valence-corrected chi connectivity index (χ0v) is 20.7. The van der Waals surface area contributed by atoms with Crippen molar-refractivity contribution in [2.45, 2.75) is 38.5 Å². The maximum absolute atomic E-state index is 14.4. The molecular weight excluding hydrogens is 463 g/mol. The predicted octanol–water partition coefficient (Wildman–Crippen LogP) is 5.78. The highest BCUT2D eigenvalue weighted by molar-refractivity contribution is 7.17. The molecule has 1 aliphatic heterocycles. The molecule has 182 valence electrons. The first-order chi connectivity index (χ1) is 17.0. The van der Waals surface area contributed by atoms with E-state index in [9.17, 15) is 9.50 Å². The Morgan fingerprint density at radius 3 is 2.69 bits per heavy atom. The molecule has 3 heterocycles. The van der Waals surface area contributed by atoms with E-state index in [1.165, 1.54) is 6.07 Å². The SMILES string of the molecule is COCc1nc(NC(C)c2cc(F)ccc2N2CCC(O)CC2)c2c(-c3ccccc3)csc2n1. The summed E-state index contributed by atoms with van der Waals surface area (Å²) in [5.41, 5.74) is 4.00. The lowest BCUT2D eigenvalue weighted by molar-refractivity contribution is 0.145. The van der Waals surface area contributed by atoms with E-state index in [2.05, 4.69) is 27.7 Å². The Hall–Kier alpha value is -3.07. The molecule has 0 aliphatic carbocycles. The van der Waals surface area contributed by atoms with Gasteiger partial charge in [0.2, 0.25) is 0 Å². The van der Waals surface area contributed by atoms with Gasteiger partial charge in [-0.25, -0.2) is 14.4 Å². The first kappa shape index (κ1) is 23.7. The number of thiophene rings is 1. The average molecular weight is 493 g/mol. The number of aliphatic hydroxyl groups excluding tert-OH is 1. The van der Waals surface area contributed by atoms with E-state index < -0.39 is 0 Å². The minimum absolute atomic E-state index is 0.218. The number of nitrogens with one attached hydrogen (secondary N) is 1. The van der Waals surface area contributed by atoms with Crippen LogP contribution in [0, 0.1) is 5.82 Å². The van der Waals surface area contributed by atoms with E-state index >= 15 is 0 Å². The van der Waals surface area contributed by atoms with Crippen molar-refractivity contribution >= 4 is 33.1 Å². The third kappa shape index (κ3) is 5.00. The van der Waals surface area contributed by atoms with E-state index in [1.807, 2.05) is 31.2 Å². The molecule has 1 atom stereocenters. The van der Waals surface area contributed by atoms with Crippen LogP contribution in [0.15, 0.2) is 53.9 Å². The van der Waals surface area contributed by atoms with Crippen molar-refractivity contribution in [2.75, 3.05) is 30.4 Å². The number of fused-ring (bicyclic) bond motifs is 1. The van der Waals surface area contributed by atoms with E-state index in [1.54, 1.807) is 24.5 Å². The largest absolute Gasteiger partial charge is 0.393 e. The maximum Gasteiger partial charge on any atom is 0.158 e. The van der Waals surface area contributed by atoms with Crippen LogP contribution >= 0.6 is 11.3 Å². The molecule has 8 heteroatoms. The van der Waals surface area contributed by atoms with Crippen LogP contribution in [-0.2, 0) is 11.3 Å². The molecule has 2 N–H and O–H groups in total. The summed E-state index contributed by atoms with van der Waals surface area (Å²) in [6.45, 7) is 3.81. The lowest BCUT2D eigenvalue weighted by Gasteiger charge is -2.34. The van der Waals surface area contributed by atoms with Gasteiger partial charge in [0.05, 0.1) is 17.5 Å². The zero-order chi connectivity index (χ0) is 24.4. The fourth-order valence-electron chi connectivity index (χ4n) is 4.66. The number of hydrogen-bond acceptors (Lipinski definition) is 7. The monoisotopic (exact) mass is 492 g/mol. The minimum Gasteiger partial charge on any atom is -0.393 e. The topological polar surface area (TPSA) is 70.5 Å². The lowest BCUT2D eigenvalue weighted by Crippen LogP contribution is -2.36. The van der Waals surface area contributed by atoms with E-state index in [0.717, 1.165) is 45.7 Å². The molecule has 0 spiro atoms. The van der Waals surface area contributed by atoms with Gasteiger partial charge in [-0.2, -0.15) is 0 Å². The molecule has 1 unspecified atom stereocenters. The molecule has 0 saturated carbocycles. The molecule has 5 rings (SSSR count). The van der Waals surface area contributed by atoms with Crippen LogP contribution in [-0.4, -0.2) is 41.4 Å². The van der Waals surface area contributed by atoms with Crippen molar-refractivity contribution in [2.24, 2.45) is 0 Å². The first-order valence-corrected chi connectivity index (χ1v) is 12.7. The van der Waals surface area contributed by atoms with Crippen molar-refractivity contribution in [1.29, 1.82) is 0 Å². The quantitative estimate of drug-likeness (QED) is 0.341. The van der Waals surface area contributed by atoms with Gasteiger partial charge in [-0.3, -0.25) is 0 Å². The van der Waals surface area contributed by atoms with Crippen LogP contribution in [0.3, 0.4) is 0 Å². The van der Waals surface area contributed by atoms with Gasteiger partial charge in [-0.05, 0) is 43.5 Å². The van der Waals surface area contributed by atoms with Gasteiger partial charge in [0.1, 0.15) is 23.1 Å². The molecule has 6 nitrogen and oxygen atoms in total. The highest BCUT2D eigenvalue weighted by atomic mass is 32.1. The Labute approximate surface area is 208 Å². The third-order valence-electron chi connectivity index (χ3n) is 6.45. The Balaban J connectivity index is 1.55. The smallest absolute Gasteiger partial charge is 0.158 e. The van der Waals surface area contributed by atoms with Gasteiger partial charge >= 0.3 is 0 Å². The Bertz CT molecular complexity index is 1310. The molecule has 2 aromatic heterocycles. The van der Waals surface area contributed by atoms with Crippen molar-refractivity contribution in [3.63, 3.8) is 0 Å². The number of rotatable bonds is 7. The standard InChI is InChI=1S/C27H29FN4O2S/c1-17(21-14-19(28)8-9-23(21)32-12-10-20(33)11-13-32)29-26-25-22(18-6-4-3-5-7-18)16-35-27(25)31-24(30-26)15-34-2/h3-9,14,16-17,20,33H,10-13,15H2,1-2H3,(H,29,30,31). The molecule has 4 aromatic rings. The fourth-order valence-corrected chi connectivity index (χ4v) is 5.63. The van der Waals surface area contributed by atoms with Gasteiger partial charge in [0, 0.05) is 42.4 Å². The Morgan fingerprint density at radius 1 is 1.17 bits per heavy atom. The van der Waals surface area contributed by atoms with Crippen molar-refractivity contribution in [3.05, 3.63) is 71.1 Å². The summed E-state index contributed by atoms with van der Waals surface area (Å²) < 4.78 is 19.7. The van der Waals surface area contributed by atoms with Crippen LogP contribution < -0.4 is 10.2 Å². The minimum atomic E-state index is -0.275. The molecule has 1 fully saturated rings. The summed E-state index contributed by atoms with van der Waals surface area (Å²) in [4.78, 5) is 12.6. The number of aromatic nitrogens is 2.